The van der Waals surface area contributed by atoms with E-state index >= 15 is 0 Å². The molecular formula is C28H39ClN6O3. The van der Waals surface area contributed by atoms with Gasteiger partial charge in [-0.15, -0.1) is 5.10 Å². The number of aliphatic carboxylic acids is 1. The summed E-state index contributed by atoms with van der Waals surface area (Å²) in [5.41, 5.74) is 7.37. The lowest BCUT2D eigenvalue weighted by molar-refractivity contribution is -0.140. The summed E-state index contributed by atoms with van der Waals surface area (Å²) in [5, 5.41) is 13.9. The standard InChI is InChI=1S/C19H22ClN5O.C9H17NO2/c20-16-5-3-6-17(15-16)23-13-11-22(12-14-23)8-4-10-25-19(26)24-9-2-1-7-18(24)21-25;10-7-9(6-8(11)12)4-2-1-3-5-9/h1-3,5-7,9,15H,4,8,10-14H2;1-7,10H2,(H,11,12). The molecule has 3 aromatic rings. The zero-order valence-corrected chi connectivity index (χ0v) is 22.7. The van der Waals surface area contributed by atoms with Crippen LogP contribution in [-0.2, 0) is 11.3 Å². The quantitative estimate of drug-likeness (QED) is 0.446. The molecule has 0 atom stereocenters. The minimum absolute atomic E-state index is 0.0635. The second-order valence-electron chi connectivity index (χ2n) is 10.4. The predicted octanol–water partition coefficient (Wildman–Crippen LogP) is 3.73. The van der Waals surface area contributed by atoms with E-state index in [4.69, 9.17) is 22.4 Å². The first-order valence-corrected chi connectivity index (χ1v) is 14.0. The van der Waals surface area contributed by atoms with Crippen LogP contribution in [0.1, 0.15) is 44.9 Å². The number of aromatic nitrogens is 3. The molecule has 2 aromatic heterocycles. The van der Waals surface area contributed by atoms with E-state index in [1.54, 1.807) is 15.3 Å². The molecule has 0 bridgehead atoms. The number of halogens is 1. The zero-order chi connectivity index (χ0) is 27.0. The Balaban J connectivity index is 0.000000236. The van der Waals surface area contributed by atoms with Crippen LogP contribution in [0.15, 0.2) is 53.5 Å². The van der Waals surface area contributed by atoms with Crippen molar-refractivity contribution in [1.29, 1.82) is 0 Å². The number of benzene rings is 1. The number of nitrogens with zero attached hydrogens (tertiary/aromatic N) is 5. The largest absolute Gasteiger partial charge is 0.481 e. The van der Waals surface area contributed by atoms with Crippen molar-refractivity contribution in [2.24, 2.45) is 11.1 Å². The van der Waals surface area contributed by atoms with Gasteiger partial charge in [-0.3, -0.25) is 14.1 Å². The lowest BCUT2D eigenvalue weighted by atomic mass is 9.72. The summed E-state index contributed by atoms with van der Waals surface area (Å²) in [5.74, 6) is -0.706. The monoisotopic (exact) mass is 542 g/mol. The first kappa shape index (κ1) is 28.1. The smallest absolute Gasteiger partial charge is 0.350 e. The maximum Gasteiger partial charge on any atom is 0.350 e. The molecule has 0 amide bonds. The van der Waals surface area contributed by atoms with Crippen molar-refractivity contribution >= 4 is 28.9 Å². The molecule has 10 heteroatoms. The van der Waals surface area contributed by atoms with Gasteiger partial charge in [-0.2, -0.15) is 0 Å². The van der Waals surface area contributed by atoms with Crippen molar-refractivity contribution in [1.82, 2.24) is 19.1 Å². The molecular weight excluding hydrogens is 504 g/mol. The van der Waals surface area contributed by atoms with Gasteiger partial charge in [-0.25, -0.2) is 9.48 Å². The highest BCUT2D eigenvalue weighted by atomic mass is 35.5. The highest BCUT2D eigenvalue weighted by Gasteiger charge is 2.32. The molecule has 2 aliphatic rings. The molecule has 3 N–H and O–H groups in total. The van der Waals surface area contributed by atoms with E-state index in [1.807, 2.05) is 36.4 Å². The molecule has 1 aliphatic carbocycles. The average molecular weight is 543 g/mol. The SMILES string of the molecule is NCC1(CC(=O)O)CCCCC1.O=c1n(CCCN2CCN(c3cccc(Cl)c3)CC2)nc2ccccn12. The van der Waals surface area contributed by atoms with Crippen LogP contribution in [0.2, 0.25) is 5.02 Å². The fraction of sp³-hybridized carbons (Fsp3) is 0.536. The van der Waals surface area contributed by atoms with Crippen LogP contribution in [0, 0.1) is 5.41 Å². The molecule has 5 rings (SSSR count). The minimum Gasteiger partial charge on any atom is -0.481 e. The second-order valence-corrected chi connectivity index (χ2v) is 10.9. The second kappa shape index (κ2) is 13.3. The van der Waals surface area contributed by atoms with Crippen molar-refractivity contribution in [3.8, 4) is 0 Å². The number of nitrogens with two attached hydrogens (primary N) is 1. The predicted molar refractivity (Wildman–Crippen MR) is 151 cm³/mol. The van der Waals surface area contributed by atoms with Gasteiger partial charge in [0.25, 0.3) is 0 Å². The Morgan fingerprint density at radius 1 is 1.03 bits per heavy atom. The van der Waals surface area contributed by atoms with E-state index in [2.05, 4.69) is 21.0 Å². The minimum atomic E-state index is -0.706. The Labute approximate surface area is 228 Å². The maximum atomic E-state index is 12.3. The van der Waals surface area contributed by atoms with Crippen molar-refractivity contribution < 1.29 is 9.90 Å². The van der Waals surface area contributed by atoms with Crippen LogP contribution in [-0.4, -0.2) is 69.4 Å². The number of anilines is 1. The van der Waals surface area contributed by atoms with Gasteiger partial charge >= 0.3 is 11.7 Å². The third kappa shape index (κ3) is 7.36. The van der Waals surface area contributed by atoms with Gasteiger partial charge in [-0.05, 0) is 61.6 Å². The first-order valence-electron chi connectivity index (χ1n) is 13.6. The van der Waals surface area contributed by atoms with Crippen molar-refractivity contribution in [2.45, 2.75) is 51.5 Å². The lowest BCUT2D eigenvalue weighted by Gasteiger charge is -2.36. The summed E-state index contributed by atoms with van der Waals surface area (Å²) < 4.78 is 3.15. The van der Waals surface area contributed by atoms with E-state index < -0.39 is 5.97 Å². The maximum absolute atomic E-state index is 12.3. The number of fused-ring (bicyclic) bond motifs is 1. The average Bonchev–Trinajstić information content (AvgIpc) is 3.25. The zero-order valence-electron chi connectivity index (χ0n) is 22.0. The van der Waals surface area contributed by atoms with Gasteiger partial charge in [0.15, 0.2) is 5.65 Å². The van der Waals surface area contributed by atoms with E-state index in [0.29, 0.717) is 18.7 Å². The molecule has 0 unspecified atom stereocenters. The highest BCUT2D eigenvalue weighted by Crippen LogP contribution is 2.38. The molecule has 38 heavy (non-hydrogen) atoms. The summed E-state index contributed by atoms with van der Waals surface area (Å²) >= 11 is 6.09. The summed E-state index contributed by atoms with van der Waals surface area (Å²) in [6, 6.07) is 13.6. The lowest BCUT2D eigenvalue weighted by Crippen LogP contribution is -2.46. The number of carboxylic acid groups (broad SMARTS) is 1. The Bertz CT molecular complexity index is 1240. The molecule has 1 saturated carbocycles. The molecule has 3 heterocycles. The number of hydrogen-bond donors (Lipinski definition) is 2. The molecule has 206 valence electrons. The van der Waals surface area contributed by atoms with Crippen LogP contribution in [0.5, 0.6) is 0 Å². The molecule has 2 fully saturated rings. The van der Waals surface area contributed by atoms with Crippen molar-refractivity contribution in [2.75, 3.05) is 44.2 Å². The van der Waals surface area contributed by atoms with Crippen molar-refractivity contribution in [3.63, 3.8) is 0 Å². The topological polar surface area (TPSA) is 109 Å². The summed E-state index contributed by atoms with van der Waals surface area (Å²) in [6.07, 6.45) is 8.45. The van der Waals surface area contributed by atoms with E-state index in [0.717, 1.165) is 69.9 Å². The Morgan fingerprint density at radius 2 is 1.79 bits per heavy atom. The first-order chi connectivity index (χ1) is 18.4. The number of carbonyl (C=O) groups is 1. The number of rotatable bonds is 8. The van der Waals surface area contributed by atoms with Crippen LogP contribution >= 0.6 is 11.6 Å². The Kier molecular flexibility index (Phi) is 9.82. The Morgan fingerprint density at radius 3 is 2.45 bits per heavy atom. The number of pyridine rings is 1. The summed E-state index contributed by atoms with van der Waals surface area (Å²) in [7, 11) is 0. The van der Waals surface area contributed by atoms with Gasteiger partial charge in [0.05, 0.1) is 6.42 Å². The number of hydrogen-bond acceptors (Lipinski definition) is 6. The van der Waals surface area contributed by atoms with Crippen LogP contribution in [0.3, 0.4) is 0 Å². The molecule has 0 radical (unpaired) electrons. The van der Waals surface area contributed by atoms with Crippen LogP contribution in [0.4, 0.5) is 5.69 Å². The fourth-order valence-electron chi connectivity index (χ4n) is 5.54. The van der Waals surface area contributed by atoms with Crippen LogP contribution < -0.4 is 16.3 Å². The number of aryl methyl sites for hydroxylation is 1. The van der Waals surface area contributed by atoms with E-state index in [9.17, 15) is 9.59 Å². The molecule has 1 aromatic carbocycles. The molecule has 1 aliphatic heterocycles. The molecule has 9 nitrogen and oxygen atoms in total. The third-order valence-corrected chi connectivity index (χ3v) is 7.99. The van der Waals surface area contributed by atoms with Crippen molar-refractivity contribution in [3.05, 3.63) is 64.2 Å². The fourth-order valence-corrected chi connectivity index (χ4v) is 5.72. The number of carboxylic acids is 1. The molecule has 0 spiro atoms. The number of piperazine rings is 1. The van der Waals surface area contributed by atoms with Gasteiger partial charge < -0.3 is 15.7 Å². The van der Waals surface area contributed by atoms with Gasteiger partial charge in [0.1, 0.15) is 0 Å². The van der Waals surface area contributed by atoms with Gasteiger partial charge in [0, 0.05) is 56.2 Å². The normalized spacial score (nSPS) is 17.7. The van der Waals surface area contributed by atoms with E-state index in [1.165, 1.54) is 12.1 Å². The third-order valence-electron chi connectivity index (χ3n) is 7.75. The summed E-state index contributed by atoms with van der Waals surface area (Å²) in [4.78, 5) is 27.7. The van der Waals surface area contributed by atoms with E-state index in [-0.39, 0.29) is 17.5 Å². The van der Waals surface area contributed by atoms with Crippen LogP contribution in [0.25, 0.3) is 5.65 Å². The van der Waals surface area contributed by atoms with Gasteiger partial charge in [-0.1, -0.05) is 43.0 Å². The van der Waals surface area contributed by atoms with Gasteiger partial charge in [0.2, 0.25) is 0 Å². The molecule has 1 saturated heterocycles. The summed E-state index contributed by atoms with van der Waals surface area (Å²) in [6.45, 7) is 6.18. The Hall–Kier alpha value is -2.88. The highest BCUT2D eigenvalue weighted by molar-refractivity contribution is 6.30.